The third-order valence-electron chi connectivity index (χ3n) is 6.95. The largest absolute Gasteiger partial charge is 0.312 e. The van der Waals surface area contributed by atoms with Crippen LogP contribution in [-0.4, -0.2) is 34.9 Å². The molecule has 2 aromatic carbocycles. The van der Waals surface area contributed by atoms with Gasteiger partial charge >= 0.3 is 0 Å². The van der Waals surface area contributed by atoms with Gasteiger partial charge in [0.05, 0.1) is 23.2 Å². The summed E-state index contributed by atoms with van der Waals surface area (Å²) in [5.41, 5.74) is 5.23. The quantitative estimate of drug-likeness (QED) is 0.572. The molecule has 0 spiro atoms. The molecule has 35 heavy (non-hydrogen) atoms. The van der Waals surface area contributed by atoms with Crippen molar-refractivity contribution in [3.05, 3.63) is 83.4 Å². The first-order chi connectivity index (χ1) is 16.9. The Hall–Kier alpha value is -4.05. The molecule has 0 unspecified atom stereocenters. The van der Waals surface area contributed by atoms with Gasteiger partial charge in [-0.2, -0.15) is 5.26 Å². The van der Waals surface area contributed by atoms with Gasteiger partial charge in [-0.3, -0.25) is 19.6 Å². The van der Waals surface area contributed by atoms with Gasteiger partial charge in [-0.25, -0.2) is 0 Å². The zero-order valence-corrected chi connectivity index (χ0v) is 19.9. The van der Waals surface area contributed by atoms with Crippen LogP contribution in [0.3, 0.4) is 0 Å². The van der Waals surface area contributed by atoms with E-state index < -0.39 is 5.92 Å². The smallest absolute Gasteiger partial charge is 0.232 e. The summed E-state index contributed by atoms with van der Waals surface area (Å²) in [6, 6.07) is 15.4. The molecule has 3 aromatic rings. The van der Waals surface area contributed by atoms with E-state index in [1.54, 1.807) is 41.7 Å². The molecule has 176 valence electrons. The molecule has 2 amide bonds. The summed E-state index contributed by atoms with van der Waals surface area (Å²) in [7, 11) is 0. The standard InChI is InChI=1S/C28H27N5O2/c1-28(2)18-33(25-9-7-19(13-24(25)28)6-8-22-16-30-10-11-31-22)27(35)21-14-26(34)32(17-21)23-5-3-4-20(12-23)15-29/h3-5,7,9-13,16,21H,6,8,14,17-18H2,1-2H3/t21-/m0/s1. The minimum absolute atomic E-state index is 0.0172. The normalized spacial score (nSPS) is 18.4. The first-order valence-corrected chi connectivity index (χ1v) is 11.9. The minimum atomic E-state index is -0.411. The van der Waals surface area contributed by atoms with Crippen LogP contribution in [0.15, 0.2) is 61.1 Å². The van der Waals surface area contributed by atoms with Crippen molar-refractivity contribution in [1.82, 2.24) is 9.97 Å². The fourth-order valence-corrected chi connectivity index (χ4v) is 5.10. The third-order valence-corrected chi connectivity index (χ3v) is 6.95. The second-order valence-corrected chi connectivity index (χ2v) is 9.92. The maximum atomic E-state index is 13.6. The Morgan fingerprint density at radius 3 is 2.80 bits per heavy atom. The van der Waals surface area contributed by atoms with Crippen molar-refractivity contribution in [3.8, 4) is 6.07 Å². The van der Waals surface area contributed by atoms with E-state index in [4.69, 9.17) is 0 Å². The Morgan fingerprint density at radius 2 is 2.03 bits per heavy atom. The van der Waals surface area contributed by atoms with E-state index in [9.17, 15) is 14.9 Å². The molecule has 2 aliphatic heterocycles. The fraction of sp³-hybridized carbons (Fsp3) is 0.321. The number of rotatable bonds is 5. The summed E-state index contributed by atoms with van der Waals surface area (Å²) in [5, 5.41) is 9.19. The Labute approximate surface area is 205 Å². The lowest BCUT2D eigenvalue weighted by Gasteiger charge is -2.23. The van der Waals surface area contributed by atoms with E-state index in [2.05, 4.69) is 42.0 Å². The number of hydrogen-bond donors (Lipinski definition) is 0. The summed E-state index contributed by atoms with van der Waals surface area (Å²) in [6.07, 6.45) is 7.01. The van der Waals surface area contributed by atoms with E-state index >= 15 is 0 Å². The molecule has 0 aliphatic carbocycles. The molecule has 0 N–H and O–H groups in total. The number of aryl methyl sites for hydroxylation is 2. The number of nitriles is 1. The number of anilines is 2. The molecule has 7 heteroatoms. The first-order valence-electron chi connectivity index (χ1n) is 11.9. The topological polar surface area (TPSA) is 90.2 Å². The minimum Gasteiger partial charge on any atom is -0.312 e. The van der Waals surface area contributed by atoms with Gasteiger partial charge in [0.15, 0.2) is 0 Å². The van der Waals surface area contributed by atoms with Crippen molar-refractivity contribution < 1.29 is 9.59 Å². The Bertz CT molecular complexity index is 1330. The third kappa shape index (κ3) is 4.40. The van der Waals surface area contributed by atoms with Crippen molar-refractivity contribution in [2.45, 2.75) is 38.5 Å². The van der Waals surface area contributed by atoms with Crippen LogP contribution < -0.4 is 9.80 Å². The highest BCUT2D eigenvalue weighted by Gasteiger charge is 2.43. The summed E-state index contributed by atoms with van der Waals surface area (Å²) >= 11 is 0. The summed E-state index contributed by atoms with van der Waals surface area (Å²) in [6.45, 7) is 5.23. The lowest BCUT2D eigenvalue weighted by atomic mass is 9.85. The number of nitrogens with zero attached hydrogens (tertiary/aromatic N) is 5. The van der Waals surface area contributed by atoms with Crippen LogP contribution in [0.5, 0.6) is 0 Å². The molecule has 0 radical (unpaired) electrons. The van der Waals surface area contributed by atoms with E-state index in [-0.39, 0.29) is 23.7 Å². The van der Waals surface area contributed by atoms with Gasteiger partial charge in [0.25, 0.3) is 0 Å². The van der Waals surface area contributed by atoms with Crippen LogP contribution >= 0.6 is 0 Å². The number of benzene rings is 2. The zero-order valence-electron chi connectivity index (χ0n) is 19.9. The van der Waals surface area contributed by atoms with Crippen LogP contribution in [0.25, 0.3) is 0 Å². The van der Waals surface area contributed by atoms with Gasteiger partial charge < -0.3 is 9.80 Å². The highest BCUT2D eigenvalue weighted by atomic mass is 16.2. The van der Waals surface area contributed by atoms with Crippen molar-refractivity contribution >= 4 is 23.2 Å². The second-order valence-electron chi connectivity index (χ2n) is 9.92. The van der Waals surface area contributed by atoms with Gasteiger partial charge in [-0.05, 0) is 48.2 Å². The maximum absolute atomic E-state index is 13.6. The van der Waals surface area contributed by atoms with Crippen molar-refractivity contribution in [2.75, 3.05) is 22.9 Å². The van der Waals surface area contributed by atoms with Crippen LogP contribution in [-0.2, 0) is 27.8 Å². The average molecular weight is 466 g/mol. The lowest BCUT2D eigenvalue weighted by Crippen LogP contribution is -2.39. The Kier molecular flexibility index (Phi) is 5.81. The predicted octanol–water partition coefficient (Wildman–Crippen LogP) is 3.81. The van der Waals surface area contributed by atoms with Gasteiger partial charge in [-0.1, -0.05) is 32.0 Å². The number of aromatic nitrogens is 2. The molecule has 1 aromatic heterocycles. The number of carbonyl (C=O) groups is 2. The molecule has 3 heterocycles. The molecule has 7 nitrogen and oxygen atoms in total. The SMILES string of the molecule is CC1(C)CN(C(=O)[C@H]2CC(=O)N(c3cccc(C#N)c3)C2)c2ccc(CCc3cnccn3)cc21. The van der Waals surface area contributed by atoms with Crippen LogP contribution in [0, 0.1) is 17.2 Å². The monoisotopic (exact) mass is 465 g/mol. The van der Waals surface area contributed by atoms with Crippen LogP contribution in [0.1, 0.15) is 42.7 Å². The van der Waals surface area contributed by atoms with E-state index in [1.807, 2.05) is 17.0 Å². The maximum Gasteiger partial charge on any atom is 0.232 e. The molecule has 2 aliphatic rings. The van der Waals surface area contributed by atoms with E-state index in [0.717, 1.165) is 29.8 Å². The Balaban J connectivity index is 1.33. The number of fused-ring (bicyclic) bond motifs is 1. The average Bonchev–Trinajstić information content (AvgIpc) is 3.39. The molecule has 0 bridgehead atoms. The highest BCUT2D eigenvalue weighted by molar-refractivity contribution is 6.05. The number of hydrogen-bond acceptors (Lipinski definition) is 5. The van der Waals surface area contributed by atoms with Crippen molar-refractivity contribution in [2.24, 2.45) is 5.92 Å². The van der Waals surface area contributed by atoms with Gasteiger partial charge in [0, 0.05) is 54.9 Å². The zero-order chi connectivity index (χ0) is 24.6. The van der Waals surface area contributed by atoms with Gasteiger partial charge in [0.2, 0.25) is 11.8 Å². The highest BCUT2D eigenvalue weighted by Crippen LogP contribution is 2.42. The second kappa shape index (κ2) is 8.95. The number of amides is 2. The van der Waals surface area contributed by atoms with Crippen molar-refractivity contribution in [1.29, 1.82) is 5.26 Å². The molecular formula is C28H27N5O2. The van der Waals surface area contributed by atoms with Crippen LogP contribution in [0.2, 0.25) is 0 Å². The van der Waals surface area contributed by atoms with E-state index in [0.29, 0.717) is 24.3 Å². The molecule has 1 saturated heterocycles. The van der Waals surface area contributed by atoms with E-state index in [1.165, 1.54) is 5.56 Å². The van der Waals surface area contributed by atoms with Crippen LogP contribution in [0.4, 0.5) is 11.4 Å². The molecule has 5 rings (SSSR count). The van der Waals surface area contributed by atoms with Crippen molar-refractivity contribution in [3.63, 3.8) is 0 Å². The Morgan fingerprint density at radius 1 is 1.17 bits per heavy atom. The van der Waals surface area contributed by atoms with Gasteiger partial charge in [-0.15, -0.1) is 0 Å². The summed E-state index contributed by atoms with van der Waals surface area (Å²) < 4.78 is 0. The lowest BCUT2D eigenvalue weighted by molar-refractivity contribution is -0.124. The summed E-state index contributed by atoms with van der Waals surface area (Å²) in [4.78, 5) is 38.4. The molecular weight excluding hydrogens is 438 g/mol. The predicted molar refractivity (Wildman–Crippen MR) is 133 cm³/mol. The fourth-order valence-electron chi connectivity index (χ4n) is 5.10. The van der Waals surface area contributed by atoms with Gasteiger partial charge in [0.1, 0.15) is 0 Å². The molecule has 1 fully saturated rings. The first kappa shape index (κ1) is 22.7. The number of carbonyl (C=O) groups excluding carboxylic acids is 2. The molecule has 0 saturated carbocycles. The molecule has 1 atom stereocenters. The summed E-state index contributed by atoms with van der Waals surface area (Å²) in [5.74, 6) is -0.515.